The monoisotopic (exact) mass is 285 g/mol. The molecule has 7 heteroatoms. The Kier molecular flexibility index (Phi) is 4.97. The maximum absolute atomic E-state index is 12.4. The Labute approximate surface area is 119 Å². The minimum absolute atomic E-state index is 0.00434. The highest BCUT2D eigenvalue weighted by Gasteiger charge is 2.33. The first-order chi connectivity index (χ1) is 9.12. The summed E-state index contributed by atoms with van der Waals surface area (Å²) in [4.78, 5) is 39.2. The zero-order valence-electron chi connectivity index (χ0n) is 12.5. The fourth-order valence-electron chi connectivity index (χ4n) is 2.11. The van der Waals surface area contributed by atoms with E-state index < -0.39 is 11.5 Å². The van der Waals surface area contributed by atoms with Crippen LogP contribution in [-0.2, 0) is 9.59 Å². The summed E-state index contributed by atoms with van der Waals surface area (Å²) in [6, 6.07) is -0.289. The first-order valence-electron chi connectivity index (χ1n) is 6.67. The molecule has 0 aliphatic carbocycles. The molecule has 1 rings (SSSR count). The van der Waals surface area contributed by atoms with Crippen LogP contribution in [0.4, 0.5) is 4.79 Å². The van der Waals surface area contributed by atoms with Crippen molar-refractivity contribution in [1.29, 1.82) is 0 Å². The molecule has 0 aromatic heterocycles. The third-order valence-electron chi connectivity index (χ3n) is 3.33. The number of rotatable bonds is 2. The molecule has 3 amide bonds. The van der Waals surface area contributed by atoms with Crippen LogP contribution in [0, 0.1) is 0 Å². The van der Waals surface area contributed by atoms with Gasteiger partial charge < -0.3 is 19.8 Å². The summed E-state index contributed by atoms with van der Waals surface area (Å²) < 4.78 is 0. The SMILES string of the molecule is CC(=O)N1CCN(C(=O)N(CC(=O)O)C(C)(C)C)CC1. The van der Waals surface area contributed by atoms with E-state index in [1.807, 2.05) is 0 Å². The first kappa shape index (κ1) is 16.3. The normalized spacial score (nSPS) is 16.0. The molecule has 0 spiro atoms. The van der Waals surface area contributed by atoms with Crippen LogP contribution in [0.2, 0.25) is 0 Å². The van der Waals surface area contributed by atoms with Gasteiger partial charge in [-0.2, -0.15) is 0 Å². The average molecular weight is 285 g/mol. The Morgan fingerprint density at radius 3 is 1.85 bits per heavy atom. The van der Waals surface area contributed by atoms with E-state index in [4.69, 9.17) is 5.11 Å². The van der Waals surface area contributed by atoms with E-state index in [0.717, 1.165) is 0 Å². The van der Waals surface area contributed by atoms with Crippen molar-refractivity contribution in [3.8, 4) is 0 Å². The summed E-state index contributed by atoms with van der Waals surface area (Å²) in [5, 5.41) is 8.94. The highest BCUT2D eigenvalue weighted by Crippen LogP contribution is 2.16. The molecule has 1 heterocycles. The Morgan fingerprint density at radius 2 is 1.50 bits per heavy atom. The van der Waals surface area contributed by atoms with E-state index in [9.17, 15) is 14.4 Å². The van der Waals surface area contributed by atoms with Crippen LogP contribution in [0.5, 0.6) is 0 Å². The topological polar surface area (TPSA) is 81.2 Å². The zero-order valence-corrected chi connectivity index (χ0v) is 12.5. The lowest BCUT2D eigenvalue weighted by Gasteiger charge is -2.41. The molecule has 1 N–H and O–H groups in total. The molecule has 0 saturated carbocycles. The largest absolute Gasteiger partial charge is 0.480 e. The molecule has 7 nitrogen and oxygen atoms in total. The Morgan fingerprint density at radius 1 is 1.05 bits per heavy atom. The second-order valence-electron chi connectivity index (χ2n) is 5.93. The highest BCUT2D eigenvalue weighted by molar-refractivity contribution is 5.81. The van der Waals surface area contributed by atoms with Crippen LogP contribution in [-0.4, -0.2) is 76.0 Å². The van der Waals surface area contributed by atoms with E-state index in [0.29, 0.717) is 26.2 Å². The highest BCUT2D eigenvalue weighted by atomic mass is 16.4. The van der Waals surface area contributed by atoms with Crippen molar-refractivity contribution in [3.05, 3.63) is 0 Å². The van der Waals surface area contributed by atoms with Crippen LogP contribution < -0.4 is 0 Å². The van der Waals surface area contributed by atoms with Gasteiger partial charge in [-0.3, -0.25) is 9.59 Å². The molecule has 0 aromatic rings. The standard InChI is InChI=1S/C13H23N3O4/c1-10(17)14-5-7-15(8-6-14)12(20)16(9-11(18)19)13(2,3)4/h5-9H2,1-4H3,(H,18,19). The number of piperazine rings is 1. The van der Waals surface area contributed by atoms with Crippen molar-refractivity contribution in [2.75, 3.05) is 32.7 Å². The zero-order chi connectivity index (χ0) is 15.5. The number of carbonyl (C=O) groups is 3. The first-order valence-corrected chi connectivity index (χ1v) is 6.67. The van der Waals surface area contributed by atoms with Gasteiger partial charge in [0, 0.05) is 38.6 Å². The summed E-state index contributed by atoms with van der Waals surface area (Å²) >= 11 is 0. The van der Waals surface area contributed by atoms with Crippen molar-refractivity contribution in [3.63, 3.8) is 0 Å². The van der Waals surface area contributed by atoms with Crippen molar-refractivity contribution in [2.24, 2.45) is 0 Å². The molecule has 0 atom stereocenters. The van der Waals surface area contributed by atoms with Crippen LogP contribution >= 0.6 is 0 Å². The smallest absolute Gasteiger partial charge is 0.323 e. The predicted molar refractivity (Wildman–Crippen MR) is 73.3 cm³/mol. The summed E-state index contributed by atoms with van der Waals surface area (Å²) in [6.07, 6.45) is 0. The minimum Gasteiger partial charge on any atom is -0.480 e. The van der Waals surface area contributed by atoms with Crippen molar-refractivity contribution in [2.45, 2.75) is 33.2 Å². The number of carboxylic acid groups (broad SMARTS) is 1. The van der Waals surface area contributed by atoms with Crippen molar-refractivity contribution in [1.82, 2.24) is 14.7 Å². The number of aliphatic carboxylic acids is 1. The quantitative estimate of drug-likeness (QED) is 0.799. The third kappa shape index (κ3) is 4.11. The molecule has 20 heavy (non-hydrogen) atoms. The van der Waals surface area contributed by atoms with Crippen LogP contribution in [0.1, 0.15) is 27.7 Å². The minimum atomic E-state index is -1.03. The van der Waals surface area contributed by atoms with E-state index in [1.54, 1.807) is 30.6 Å². The molecular weight excluding hydrogens is 262 g/mol. The third-order valence-corrected chi connectivity index (χ3v) is 3.33. The molecule has 0 bridgehead atoms. The molecule has 0 aromatic carbocycles. The molecule has 1 saturated heterocycles. The van der Waals surface area contributed by atoms with Gasteiger partial charge in [-0.15, -0.1) is 0 Å². The lowest BCUT2D eigenvalue weighted by Crippen LogP contribution is -2.58. The average Bonchev–Trinajstić information content (AvgIpc) is 2.33. The van der Waals surface area contributed by atoms with Gasteiger partial charge >= 0.3 is 12.0 Å². The molecular formula is C13H23N3O4. The lowest BCUT2D eigenvalue weighted by atomic mass is 10.1. The number of nitrogens with zero attached hydrogens (tertiary/aromatic N) is 3. The summed E-state index contributed by atoms with van der Waals surface area (Å²) in [6.45, 7) is 8.45. The van der Waals surface area contributed by atoms with Gasteiger partial charge in [-0.25, -0.2) is 4.79 Å². The maximum atomic E-state index is 12.4. The fourth-order valence-corrected chi connectivity index (χ4v) is 2.11. The molecule has 1 aliphatic heterocycles. The van der Waals surface area contributed by atoms with Gasteiger partial charge in [0.25, 0.3) is 0 Å². The molecule has 0 radical (unpaired) electrons. The molecule has 114 valence electrons. The second-order valence-corrected chi connectivity index (χ2v) is 5.93. The van der Waals surface area contributed by atoms with Gasteiger partial charge in [-0.1, -0.05) is 0 Å². The van der Waals surface area contributed by atoms with Gasteiger partial charge in [0.2, 0.25) is 5.91 Å². The Bertz CT molecular complexity index is 395. The fraction of sp³-hybridized carbons (Fsp3) is 0.769. The number of carbonyl (C=O) groups excluding carboxylic acids is 2. The van der Waals surface area contributed by atoms with E-state index in [-0.39, 0.29) is 18.5 Å². The van der Waals surface area contributed by atoms with E-state index >= 15 is 0 Å². The van der Waals surface area contributed by atoms with Gasteiger partial charge in [0.05, 0.1) is 0 Å². The molecule has 1 fully saturated rings. The number of amides is 3. The van der Waals surface area contributed by atoms with Crippen LogP contribution in [0.25, 0.3) is 0 Å². The summed E-state index contributed by atoms with van der Waals surface area (Å²) in [5.74, 6) is -1.04. The van der Waals surface area contributed by atoms with E-state index in [2.05, 4.69) is 0 Å². The number of hydrogen-bond donors (Lipinski definition) is 1. The van der Waals surface area contributed by atoms with Gasteiger partial charge in [0.15, 0.2) is 0 Å². The predicted octanol–water partition coefficient (Wildman–Crippen LogP) is 0.456. The second kappa shape index (κ2) is 6.11. The number of urea groups is 1. The van der Waals surface area contributed by atoms with Crippen molar-refractivity contribution < 1.29 is 19.5 Å². The van der Waals surface area contributed by atoms with Crippen LogP contribution in [0.3, 0.4) is 0 Å². The lowest BCUT2D eigenvalue weighted by molar-refractivity contribution is -0.138. The van der Waals surface area contributed by atoms with Gasteiger partial charge in [0.1, 0.15) is 6.54 Å². The van der Waals surface area contributed by atoms with Crippen molar-refractivity contribution >= 4 is 17.9 Å². The van der Waals surface area contributed by atoms with Crippen LogP contribution in [0.15, 0.2) is 0 Å². The summed E-state index contributed by atoms with van der Waals surface area (Å²) in [5.41, 5.74) is -0.562. The number of hydrogen-bond acceptors (Lipinski definition) is 3. The Hall–Kier alpha value is -1.79. The van der Waals surface area contributed by atoms with E-state index in [1.165, 1.54) is 11.8 Å². The maximum Gasteiger partial charge on any atom is 0.323 e. The molecule has 1 aliphatic rings. The molecule has 0 unspecified atom stereocenters. The Balaban J connectivity index is 2.72. The summed E-state index contributed by atoms with van der Waals surface area (Å²) in [7, 11) is 0. The van der Waals surface area contributed by atoms with Gasteiger partial charge in [-0.05, 0) is 20.8 Å². The number of carboxylic acids is 1.